The lowest BCUT2D eigenvalue weighted by Gasteiger charge is -2.38. The van der Waals surface area contributed by atoms with Crippen LogP contribution in [0.15, 0.2) is 24.3 Å². The number of hydrogen-bond donors (Lipinski definition) is 0. The van der Waals surface area contributed by atoms with E-state index in [4.69, 9.17) is 0 Å². The second-order valence-corrected chi connectivity index (χ2v) is 13.4. The largest absolute Gasteiger partial charge is 0.0654 e. The molecule has 0 heterocycles. The van der Waals surface area contributed by atoms with Crippen molar-refractivity contribution < 1.29 is 0 Å². The summed E-state index contributed by atoms with van der Waals surface area (Å²) in [5.74, 6) is 6.73. The first kappa shape index (κ1) is 27.3. The molecule has 3 aliphatic rings. The second kappa shape index (κ2) is 14.2. The molecule has 3 aliphatic carbocycles. The van der Waals surface area contributed by atoms with Crippen LogP contribution >= 0.6 is 0 Å². The van der Waals surface area contributed by atoms with Crippen LogP contribution in [0.4, 0.5) is 0 Å². The first-order valence-electron chi connectivity index (χ1n) is 16.3. The molecule has 3 saturated carbocycles. The first-order valence-corrected chi connectivity index (χ1v) is 16.3. The SMILES string of the molecule is CCCCCC1CCC(c2ccc([C@H](C)CC3CCC(C4CCC(CCC)CC4)CC3)cc2)CC1. The molecule has 0 unspecified atom stereocenters. The predicted octanol–water partition coefficient (Wildman–Crippen LogP) is 11.4. The molecule has 0 aromatic heterocycles. The van der Waals surface area contributed by atoms with Gasteiger partial charge in [0.25, 0.3) is 0 Å². The molecular weight excluding hydrogens is 420 g/mol. The van der Waals surface area contributed by atoms with Gasteiger partial charge < -0.3 is 0 Å². The molecule has 0 aliphatic heterocycles. The van der Waals surface area contributed by atoms with E-state index in [9.17, 15) is 0 Å². The van der Waals surface area contributed by atoms with Crippen molar-refractivity contribution in [2.75, 3.05) is 0 Å². The van der Waals surface area contributed by atoms with Crippen LogP contribution in [0.1, 0.15) is 166 Å². The van der Waals surface area contributed by atoms with Crippen molar-refractivity contribution in [1.82, 2.24) is 0 Å². The summed E-state index contributed by atoms with van der Waals surface area (Å²) in [6.45, 7) is 7.19. The maximum Gasteiger partial charge on any atom is -0.0162 e. The molecule has 0 N–H and O–H groups in total. The predicted molar refractivity (Wildman–Crippen MR) is 154 cm³/mol. The van der Waals surface area contributed by atoms with Crippen LogP contribution in [0.5, 0.6) is 0 Å². The third-order valence-corrected chi connectivity index (χ3v) is 10.9. The molecule has 0 bridgehead atoms. The van der Waals surface area contributed by atoms with Gasteiger partial charge in [-0.1, -0.05) is 109 Å². The molecule has 35 heavy (non-hydrogen) atoms. The molecule has 3 fully saturated rings. The summed E-state index contributed by atoms with van der Waals surface area (Å²) in [6.07, 6.45) is 28.0. The van der Waals surface area contributed by atoms with E-state index < -0.39 is 0 Å². The summed E-state index contributed by atoms with van der Waals surface area (Å²) in [6, 6.07) is 9.99. The number of benzene rings is 1. The van der Waals surface area contributed by atoms with Gasteiger partial charge in [-0.25, -0.2) is 0 Å². The minimum atomic E-state index is 0.726. The molecule has 1 atom stereocenters. The van der Waals surface area contributed by atoms with Gasteiger partial charge in [0.2, 0.25) is 0 Å². The summed E-state index contributed by atoms with van der Waals surface area (Å²) >= 11 is 0. The monoisotopic (exact) mass is 478 g/mol. The van der Waals surface area contributed by atoms with Gasteiger partial charge in [0, 0.05) is 0 Å². The normalized spacial score (nSPS) is 32.9. The molecule has 4 rings (SSSR count). The second-order valence-electron chi connectivity index (χ2n) is 13.4. The van der Waals surface area contributed by atoms with Crippen molar-refractivity contribution in [2.24, 2.45) is 29.6 Å². The Morgan fingerprint density at radius 3 is 1.71 bits per heavy atom. The lowest BCUT2D eigenvalue weighted by Crippen LogP contribution is -2.26. The molecular formula is C35H58. The average Bonchev–Trinajstić information content (AvgIpc) is 2.90. The highest BCUT2D eigenvalue weighted by molar-refractivity contribution is 5.28. The van der Waals surface area contributed by atoms with Gasteiger partial charge in [-0.05, 0) is 110 Å². The van der Waals surface area contributed by atoms with Gasteiger partial charge in [0.15, 0.2) is 0 Å². The minimum absolute atomic E-state index is 0.726. The van der Waals surface area contributed by atoms with E-state index in [0.29, 0.717) is 0 Å². The van der Waals surface area contributed by atoms with Crippen molar-refractivity contribution in [3.8, 4) is 0 Å². The number of hydrogen-bond acceptors (Lipinski definition) is 0. The Hall–Kier alpha value is -0.780. The standard InChI is InChI=1S/C35H58/c1-4-6-7-9-29-12-18-33(19-13-29)35-24-22-31(23-25-35)27(3)26-30-14-20-34(21-15-30)32-16-10-28(8-5-2)11-17-32/h22-25,27-30,32-34H,4-21,26H2,1-3H3/t27-,28?,29?,30?,32?,33?,34?/m1/s1. The third-order valence-electron chi connectivity index (χ3n) is 10.9. The fourth-order valence-electron chi connectivity index (χ4n) is 8.45. The van der Waals surface area contributed by atoms with Gasteiger partial charge in [0.05, 0.1) is 0 Å². The molecule has 0 saturated heterocycles. The van der Waals surface area contributed by atoms with E-state index in [0.717, 1.165) is 41.4 Å². The average molecular weight is 479 g/mol. The first-order chi connectivity index (χ1) is 17.2. The van der Waals surface area contributed by atoms with Crippen molar-refractivity contribution in [1.29, 1.82) is 0 Å². The summed E-state index contributed by atoms with van der Waals surface area (Å²) < 4.78 is 0. The fraction of sp³-hybridized carbons (Fsp3) is 0.829. The zero-order chi connectivity index (χ0) is 24.5. The van der Waals surface area contributed by atoms with E-state index in [2.05, 4.69) is 45.0 Å². The summed E-state index contributed by atoms with van der Waals surface area (Å²) in [5, 5.41) is 0. The Bertz CT molecular complexity index is 677. The zero-order valence-electron chi connectivity index (χ0n) is 23.8. The van der Waals surface area contributed by atoms with Gasteiger partial charge in [-0.3, -0.25) is 0 Å². The molecule has 0 amide bonds. The van der Waals surface area contributed by atoms with Crippen LogP contribution in [0.2, 0.25) is 0 Å². The molecule has 0 nitrogen and oxygen atoms in total. The highest BCUT2D eigenvalue weighted by atomic mass is 14.4. The van der Waals surface area contributed by atoms with Gasteiger partial charge >= 0.3 is 0 Å². The van der Waals surface area contributed by atoms with Crippen LogP contribution in [0.25, 0.3) is 0 Å². The van der Waals surface area contributed by atoms with E-state index in [1.807, 2.05) is 0 Å². The summed E-state index contributed by atoms with van der Waals surface area (Å²) in [5.41, 5.74) is 3.22. The Kier molecular flexibility index (Phi) is 11.1. The molecule has 1 aromatic rings. The van der Waals surface area contributed by atoms with E-state index in [1.54, 1.807) is 24.0 Å². The smallest absolute Gasteiger partial charge is 0.0162 e. The van der Waals surface area contributed by atoms with Crippen molar-refractivity contribution >= 4 is 0 Å². The van der Waals surface area contributed by atoms with Crippen LogP contribution < -0.4 is 0 Å². The lowest BCUT2D eigenvalue weighted by atomic mass is 9.67. The zero-order valence-corrected chi connectivity index (χ0v) is 23.8. The molecule has 0 spiro atoms. The molecule has 0 radical (unpaired) electrons. The lowest BCUT2D eigenvalue weighted by molar-refractivity contribution is 0.139. The minimum Gasteiger partial charge on any atom is -0.0654 e. The van der Waals surface area contributed by atoms with E-state index in [-0.39, 0.29) is 0 Å². The molecule has 0 heteroatoms. The van der Waals surface area contributed by atoms with Crippen LogP contribution in [-0.2, 0) is 0 Å². The van der Waals surface area contributed by atoms with Gasteiger partial charge in [0.1, 0.15) is 0 Å². The fourth-order valence-corrected chi connectivity index (χ4v) is 8.45. The molecule has 198 valence electrons. The Morgan fingerprint density at radius 1 is 0.600 bits per heavy atom. The molecule has 1 aromatic carbocycles. The van der Waals surface area contributed by atoms with Crippen molar-refractivity contribution in [3.05, 3.63) is 35.4 Å². The van der Waals surface area contributed by atoms with E-state index >= 15 is 0 Å². The van der Waals surface area contributed by atoms with E-state index in [1.165, 1.54) is 109 Å². The van der Waals surface area contributed by atoms with Crippen molar-refractivity contribution in [2.45, 2.75) is 155 Å². The highest BCUT2D eigenvalue weighted by Crippen LogP contribution is 2.44. The number of rotatable bonds is 11. The summed E-state index contributed by atoms with van der Waals surface area (Å²) in [4.78, 5) is 0. The quantitative estimate of drug-likeness (QED) is 0.277. The number of unbranched alkanes of at least 4 members (excludes halogenated alkanes) is 2. The van der Waals surface area contributed by atoms with Gasteiger partial charge in [-0.2, -0.15) is 0 Å². The Balaban J connectivity index is 1.16. The maximum absolute atomic E-state index is 2.50. The van der Waals surface area contributed by atoms with Crippen molar-refractivity contribution in [3.63, 3.8) is 0 Å². The summed E-state index contributed by atoms with van der Waals surface area (Å²) in [7, 11) is 0. The highest BCUT2D eigenvalue weighted by Gasteiger charge is 2.31. The Morgan fingerprint density at radius 2 is 1.14 bits per heavy atom. The van der Waals surface area contributed by atoms with Crippen LogP contribution in [0.3, 0.4) is 0 Å². The Labute approximate surface area is 219 Å². The topological polar surface area (TPSA) is 0 Å². The maximum atomic E-state index is 2.50. The third kappa shape index (κ3) is 8.10. The van der Waals surface area contributed by atoms with Crippen LogP contribution in [0, 0.1) is 29.6 Å². The van der Waals surface area contributed by atoms with Gasteiger partial charge in [-0.15, -0.1) is 0 Å². The van der Waals surface area contributed by atoms with Crippen LogP contribution in [-0.4, -0.2) is 0 Å².